The highest BCUT2D eigenvalue weighted by atomic mass is 32.1. The average molecular weight is 556 g/mol. The van der Waals surface area contributed by atoms with Crippen molar-refractivity contribution in [2.75, 3.05) is 24.4 Å². The number of imidazole rings is 1. The van der Waals surface area contributed by atoms with Gasteiger partial charge in [0.1, 0.15) is 0 Å². The zero-order valence-electron chi connectivity index (χ0n) is 21.7. The first-order chi connectivity index (χ1) is 19.3. The monoisotopic (exact) mass is 555 g/mol. The highest BCUT2D eigenvalue weighted by Crippen LogP contribution is 2.30. The number of nitrogens with two attached hydrogens (primary N) is 1. The highest BCUT2D eigenvalue weighted by molar-refractivity contribution is 7.17. The Morgan fingerprint density at radius 2 is 1.80 bits per heavy atom. The van der Waals surface area contributed by atoms with Crippen LogP contribution < -0.4 is 20.7 Å². The Labute approximate surface area is 233 Å². The van der Waals surface area contributed by atoms with E-state index < -0.39 is 5.91 Å². The Morgan fingerprint density at radius 3 is 2.50 bits per heavy atom. The normalized spacial score (nSPS) is 10.8. The summed E-state index contributed by atoms with van der Waals surface area (Å²) in [5.41, 5.74) is 8.57. The van der Waals surface area contributed by atoms with E-state index in [9.17, 15) is 14.4 Å². The summed E-state index contributed by atoms with van der Waals surface area (Å²) in [7, 11) is 3.17. The standard InChI is InChI=1S/C28H25N7O4S/c1-34(26(38)17-6-4-3-5-7-17)19-8-9-21-20(14-19)32-27(35(21)13-12-24(29)36)33-25(37)23-11-10-22(40-23)18-15-30-28(39-2)31-16-18/h3-11,14-16H,12-13H2,1-2H3,(H2,29,36)(H,32,33,37). The summed E-state index contributed by atoms with van der Waals surface area (Å²) in [5.74, 6) is -0.748. The molecule has 0 saturated heterocycles. The van der Waals surface area contributed by atoms with Crippen molar-refractivity contribution >= 4 is 51.7 Å². The molecular weight excluding hydrogens is 530 g/mol. The average Bonchev–Trinajstić information content (AvgIpc) is 3.60. The van der Waals surface area contributed by atoms with E-state index in [-0.39, 0.29) is 36.7 Å². The van der Waals surface area contributed by atoms with Crippen LogP contribution in [-0.2, 0) is 11.3 Å². The van der Waals surface area contributed by atoms with Gasteiger partial charge in [0.05, 0.1) is 23.0 Å². The lowest BCUT2D eigenvalue weighted by Crippen LogP contribution is -2.26. The van der Waals surface area contributed by atoms with Gasteiger partial charge in [-0.2, -0.15) is 0 Å². The zero-order chi connectivity index (χ0) is 28.2. The quantitative estimate of drug-likeness (QED) is 0.280. The number of fused-ring (bicyclic) bond motifs is 1. The van der Waals surface area contributed by atoms with Crippen molar-refractivity contribution in [3.63, 3.8) is 0 Å². The molecule has 2 aromatic carbocycles. The van der Waals surface area contributed by atoms with Gasteiger partial charge in [0.25, 0.3) is 11.8 Å². The molecule has 0 atom stereocenters. The molecule has 202 valence electrons. The summed E-state index contributed by atoms with van der Waals surface area (Å²) in [6, 6.07) is 18.1. The van der Waals surface area contributed by atoms with Crippen LogP contribution in [0.1, 0.15) is 26.5 Å². The number of aryl methyl sites for hydroxylation is 1. The van der Waals surface area contributed by atoms with Crippen molar-refractivity contribution in [1.29, 1.82) is 0 Å². The number of benzene rings is 2. The molecule has 0 fully saturated rings. The van der Waals surface area contributed by atoms with Gasteiger partial charge in [-0.1, -0.05) is 18.2 Å². The van der Waals surface area contributed by atoms with Crippen LogP contribution in [0.25, 0.3) is 21.5 Å². The van der Waals surface area contributed by atoms with Crippen molar-refractivity contribution in [2.45, 2.75) is 13.0 Å². The molecular formula is C28H25N7O4S. The van der Waals surface area contributed by atoms with E-state index in [0.29, 0.717) is 27.2 Å². The molecule has 0 aliphatic carbocycles. The van der Waals surface area contributed by atoms with Crippen LogP contribution in [-0.4, -0.2) is 51.4 Å². The van der Waals surface area contributed by atoms with Gasteiger partial charge >= 0.3 is 6.01 Å². The summed E-state index contributed by atoms with van der Waals surface area (Å²) in [4.78, 5) is 53.3. The number of nitrogens with one attached hydrogen (secondary N) is 1. The Hall–Kier alpha value is -5.10. The minimum atomic E-state index is -0.478. The van der Waals surface area contributed by atoms with Crippen molar-refractivity contribution in [1.82, 2.24) is 19.5 Å². The van der Waals surface area contributed by atoms with Gasteiger partial charge in [0, 0.05) is 54.1 Å². The molecule has 12 heteroatoms. The Bertz CT molecular complexity index is 1700. The molecule has 3 aromatic heterocycles. The van der Waals surface area contributed by atoms with Gasteiger partial charge in [0.2, 0.25) is 11.9 Å². The minimum Gasteiger partial charge on any atom is -0.467 e. The molecule has 11 nitrogen and oxygen atoms in total. The molecule has 0 radical (unpaired) electrons. The fourth-order valence-corrected chi connectivity index (χ4v) is 4.97. The molecule has 0 aliphatic heterocycles. The van der Waals surface area contributed by atoms with Crippen molar-refractivity contribution < 1.29 is 19.1 Å². The first kappa shape index (κ1) is 26.5. The third kappa shape index (κ3) is 5.52. The smallest absolute Gasteiger partial charge is 0.316 e. The predicted octanol–water partition coefficient (Wildman–Crippen LogP) is 3.97. The molecule has 0 saturated carbocycles. The van der Waals surface area contributed by atoms with Gasteiger partial charge in [-0.3, -0.25) is 19.7 Å². The van der Waals surface area contributed by atoms with E-state index in [1.54, 1.807) is 72.5 Å². The summed E-state index contributed by atoms with van der Waals surface area (Å²) in [6.45, 7) is 0.221. The topological polar surface area (TPSA) is 145 Å². The first-order valence-electron chi connectivity index (χ1n) is 12.2. The number of anilines is 2. The molecule has 3 N–H and O–H groups in total. The van der Waals surface area contributed by atoms with Crippen LogP contribution in [0.2, 0.25) is 0 Å². The van der Waals surface area contributed by atoms with Gasteiger partial charge in [0.15, 0.2) is 0 Å². The van der Waals surface area contributed by atoms with E-state index in [4.69, 9.17) is 10.5 Å². The molecule has 5 rings (SSSR count). The minimum absolute atomic E-state index is 0.0586. The molecule has 3 amide bonds. The van der Waals surface area contributed by atoms with Gasteiger partial charge in [-0.05, 0) is 42.5 Å². The van der Waals surface area contributed by atoms with E-state index in [1.807, 2.05) is 12.1 Å². The SMILES string of the molecule is COc1ncc(-c2ccc(C(=O)Nc3nc4cc(N(C)C(=O)c5ccccc5)ccc4n3CCC(N)=O)s2)cn1. The van der Waals surface area contributed by atoms with Crippen LogP contribution in [0.4, 0.5) is 11.6 Å². The molecule has 0 aliphatic rings. The van der Waals surface area contributed by atoms with Crippen molar-refractivity contribution in [2.24, 2.45) is 5.73 Å². The van der Waals surface area contributed by atoms with Crippen LogP contribution in [0, 0.1) is 0 Å². The number of thiophene rings is 1. The maximum absolute atomic E-state index is 13.2. The zero-order valence-corrected chi connectivity index (χ0v) is 22.5. The van der Waals surface area contributed by atoms with E-state index in [1.165, 1.54) is 23.3 Å². The summed E-state index contributed by atoms with van der Waals surface area (Å²) >= 11 is 1.28. The molecule has 0 bridgehead atoms. The predicted molar refractivity (Wildman–Crippen MR) is 153 cm³/mol. The summed E-state index contributed by atoms with van der Waals surface area (Å²) in [6.07, 6.45) is 3.31. The number of carbonyl (C=O) groups is 3. The van der Waals surface area contributed by atoms with Gasteiger partial charge in [-0.25, -0.2) is 15.0 Å². The number of rotatable bonds is 9. The number of methoxy groups -OCH3 is 1. The highest BCUT2D eigenvalue weighted by Gasteiger charge is 2.19. The largest absolute Gasteiger partial charge is 0.467 e. The summed E-state index contributed by atoms with van der Waals surface area (Å²) in [5, 5.41) is 2.86. The maximum Gasteiger partial charge on any atom is 0.316 e. The van der Waals surface area contributed by atoms with Crippen LogP contribution in [0.3, 0.4) is 0 Å². The third-order valence-electron chi connectivity index (χ3n) is 6.18. The van der Waals surface area contributed by atoms with E-state index in [2.05, 4.69) is 20.3 Å². The second-order valence-electron chi connectivity index (χ2n) is 8.78. The number of carbonyl (C=O) groups excluding carboxylic acids is 3. The maximum atomic E-state index is 13.2. The van der Waals surface area contributed by atoms with E-state index in [0.717, 1.165) is 10.4 Å². The number of aromatic nitrogens is 4. The second-order valence-corrected chi connectivity index (χ2v) is 9.87. The lowest BCUT2D eigenvalue weighted by molar-refractivity contribution is -0.118. The molecule has 5 aromatic rings. The fourth-order valence-electron chi connectivity index (χ4n) is 4.09. The number of hydrogen-bond acceptors (Lipinski definition) is 8. The second kappa shape index (κ2) is 11.3. The third-order valence-corrected chi connectivity index (χ3v) is 7.31. The number of primary amides is 1. The first-order valence-corrected chi connectivity index (χ1v) is 13.0. The molecule has 3 heterocycles. The number of nitrogens with zero attached hydrogens (tertiary/aromatic N) is 5. The summed E-state index contributed by atoms with van der Waals surface area (Å²) < 4.78 is 6.73. The number of amides is 3. The van der Waals surface area contributed by atoms with Crippen molar-refractivity contribution in [3.05, 3.63) is 83.5 Å². The lowest BCUT2D eigenvalue weighted by atomic mass is 10.2. The van der Waals surface area contributed by atoms with Gasteiger partial charge in [-0.15, -0.1) is 11.3 Å². The lowest BCUT2D eigenvalue weighted by Gasteiger charge is -2.17. The van der Waals surface area contributed by atoms with E-state index >= 15 is 0 Å². The molecule has 40 heavy (non-hydrogen) atoms. The van der Waals surface area contributed by atoms with Crippen LogP contribution in [0.5, 0.6) is 6.01 Å². The Kier molecular flexibility index (Phi) is 7.51. The number of ether oxygens (including phenoxy) is 1. The van der Waals surface area contributed by atoms with Gasteiger partial charge < -0.3 is 19.9 Å². The fraction of sp³-hybridized carbons (Fsp3) is 0.143. The van der Waals surface area contributed by atoms with Crippen molar-refractivity contribution in [3.8, 4) is 16.5 Å². The Balaban J connectivity index is 1.42. The molecule has 0 spiro atoms. The van der Waals surface area contributed by atoms with Crippen LogP contribution in [0.15, 0.2) is 73.1 Å². The van der Waals surface area contributed by atoms with Crippen LogP contribution >= 0.6 is 11.3 Å². The molecule has 0 unspecified atom stereocenters. The Morgan fingerprint density at radius 1 is 1.05 bits per heavy atom. The number of hydrogen-bond donors (Lipinski definition) is 2.